The molecule has 0 aliphatic heterocycles. The fraction of sp³-hybridized carbons (Fsp3) is 0.538. The topological polar surface area (TPSA) is 81.4 Å². The van der Waals surface area contributed by atoms with Gasteiger partial charge >= 0.3 is 0 Å². The third-order valence-corrected chi connectivity index (χ3v) is 4.50. The lowest BCUT2D eigenvalue weighted by atomic mass is 10.2. The van der Waals surface area contributed by atoms with E-state index in [2.05, 4.69) is 4.72 Å². The number of nitrogens with two attached hydrogens (primary N) is 1. The molecule has 6 heteroatoms. The van der Waals surface area contributed by atoms with Gasteiger partial charge in [-0.1, -0.05) is 13.3 Å². The number of sulfonamides is 1. The lowest BCUT2D eigenvalue weighted by molar-refractivity contribution is 0.171. The zero-order chi connectivity index (χ0) is 14.5. The minimum atomic E-state index is -3.54. The van der Waals surface area contributed by atoms with Crippen molar-refractivity contribution < 1.29 is 13.2 Å². The fourth-order valence-electron chi connectivity index (χ4n) is 1.98. The van der Waals surface area contributed by atoms with Crippen LogP contribution in [0.3, 0.4) is 0 Å². The van der Waals surface area contributed by atoms with Crippen molar-refractivity contribution in [1.82, 2.24) is 4.72 Å². The minimum Gasteiger partial charge on any atom is -0.399 e. The largest absolute Gasteiger partial charge is 0.399 e. The van der Waals surface area contributed by atoms with Gasteiger partial charge in [0.05, 0.1) is 11.5 Å². The summed E-state index contributed by atoms with van der Waals surface area (Å²) >= 11 is 0. The van der Waals surface area contributed by atoms with Gasteiger partial charge in [0.25, 0.3) is 0 Å². The van der Waals surface area contributed by atoms with Crippen molar-refractivity contribution in [3.05, 3.63) is 23.8 Å². The summed E-state index contributed by atoms with van der Waals surface area (Å²) < 4.78 is 32.4. The molecule has 0 aliphatic rings. The van der Waals surface area contributed by atoms with Crippen LogP contribution in [0.25, 0.3) is 0 Å². The first-order valence-electron chi connectivity index (χ1n) is 6.28. The summed E-state index contributed by atoms with van der Waals surface area (Å²) in [4.78, 5) is 0.263. The Hall–Kier alpha value is -1.11. The molecule has 0 aliphatic carbocycles. The Morgan fingerprint density at radius 2 is 2.11 bits per heavy atom. The number of hydrogen-bond donors (Lipinski definition) is 2. The molecule has 1 unspecified atom stereocenters. The van der Waals surface area contributed by atoms with Crippen molar-refractivity contribution in [2.24, 2.45) is 0 Å². The Labute approximate surface area is 115 Å². The van der Waals surface area contributed by atoms with E-state index in [4.69, 9.17) is 10.5 Å². The maximum absolute atomic E-state index is 12.3. The van der Waals surface area contributed by atoms with E-state index in [0.717, 1.165) is 12.8 Å². The quantitative estimate of drug-likeness (QED) is 0.747. The molecule has 3 N–H and O–H groups in total. The van der Waals surface area contributed by atoms with Crippen molar-refractivity contribution in [1.29, 1.82) is 0 Å². The van der Waals surface area contributed by atoms with Crippen molar-refractivity contribution in [2.75, 3.05) is 19.5 Å². The minimum absolute atomic E-state index is 0.211. The normalized spacial score (nSPS) is 13.4. The third kappa shape index (κ3) is 4.49. The summed E-state index contributed by atoms with van der Waals surface area (Å²) in [6.07, 6.45) is 1.62. The van der Waals surface area contributed by atoms with Crippen LogP contribution in [-0.2, 0) is 14.8 Å². The molecule has 1 rings (SSSR count). The van der Waals surface area contributed by atoms with Gasteiger partial charge in [-0.3, -0.25) is 0 Å². The molecule has 0 aromatic heterocycles. The van der Waals surface area contributed by atoms with Gasteiger partial charge in [-0.25, -0.2) is 13.1 Å². The zero-order valence-corrected chi connectivity index (χ0v) is 12.5. The fourth-order valence-corrected chi connectivity index (χ4v) is 3.46. The lowest BCUT2D eigenvalue weighted by Gasteiger charge is -2.18. The van der Waals surface area contributed by atoms with Gasteiger partial charge in [-0.2, -0.15) is 0 Å². The van der Waals surface area contributed by atoms with E-state index in [1.807, 2.05) is 6.92 Å². The molecule has 0 saturated heterocycles. The molecule has 0 heterocycles. The highest BCUT2D eigenvalue weighted by Crippen LogP contribution is 2.18. The smallest absolute Gasteiger partial charge is 0.241 e. The molecule has 0 radical (unpaired) electrons. The molecule has 5 nitrogen and oxygen atoms in total. The molecular formula is C13H22N2O3S. The average molecular weight is 286 g/mol. The molecule has 19 heavy (non-hydrogen) atoms. The Bertz CT molecular complexity index is 509. The average Bonchev–Trinajstić information content (AvgIpc) is 2.28. The molecule has 108 valence electrons. The monoisotopic (exact) mass is 286 g/mol. The van der Waals surface area contributed by atoms with E-state index >= 15 is 0 Å². The summed E-state index contributed by atoms with van der Waals surface area (Å²) in [7, 11) is -1.98. The lowest BCUT2D eigenvalue weighted by Crippen LogP contribution is -2.38. The van der Waals surface area contributed by atoms with Gasteiger partial charge in [0.15, 0.2) is 0 Å². The van der Waals surface area contributed by atoms with Crippen LogP contribution in [0.4, 0.5) is 5.69 Å². The Morgan fingerprint density at radius 1 is 1.42 bits per heavy atom. The van der Waals surface area contributed by atoms with Crippen LogP contribution >= 0.6 is 0 Å². The first-order chi connectivity index (χ1) is 8.90. The summed E-state index contributed by atoms with van der Waals surface area (Å²) in [5.41, 5.74) is 6.83. The second-order valence-corrected chi connectivity index (χ2v) is 6.27. The van der Waals surface area contributed by atoms with Gasteiger partial charge in [-0.15, -0.1) is 0 Å². The summed E-state index contributed by atoms with van der Waals surface area (Å²) in [5.74, 6) is 0. The molecule has 0 spiro atoms. The predicted molar refractivity (Wildman–Crippen MR) is 76.5 cm³/mol. The second-order valence-electron chi connectivity index (χ2n) is 4.59. The highest BCUT2D eigenvalue weighted by Gasteiger charge is 2.21. The van der Waals surface area contributed by atoms with Crippen LogP contribution in [0.15, 0.2) is 23.1 Å². The number of ether oxygens (including phenoxy) is 1. The molecule has 1 aromatic carbocycles. The maximum atomic E-state index is 12.3. The molecule has 0 fully saturated rings. The van der Waals surface area contributed by atoms with Crippen LogP contribution in [-0.4, -0.2) is 28.2 Å². The summed E-state index contributed by atoms with van der Waals surface area (Å²) in [5, 5.41) is 0. The van der Waals surface area contributed by atoms with E-state index in [9.17, 15) is 8.42 Å². The Balaban J connectivity index is 2.96. The molecular weight excluding hydrogens is 264 g/mol. The molecule has 0 amide bonds. The van der Waals surface area contributed by atoms with Crippen molar-refractivity contribution in [2.45, 2.75) is 37.6 Å². The molecule has 1 aromatic rings. The number of benzene rings is 1. The van der Waals surface area contributed by atoms with Crippen molar-refractivity contribution >= 4 is 15.7 Å². The van der Waals surface area contributed by atoms with E-state index < -0.39 is 10.0 Å². The van der Waals surface area contributed by atoms with Crippen LogP contribution < -0.4 is 10.5 Å². The van der Waals surface area contributed by atoms with Gasteiger partial charge in [0.1, 0.15) is 0 Å². The number of anilines is 1. The first kappa shape index (κ1) is 15.9. The first-order valence-corrected chi connectivity index (χ1v) is 7.76. The number of rotatable bonds is 7. The SMILES string of the molecule is CCCC(COC)NS(=O)(=O)c1ccc(N)cc1C. The van der Waals surface area contributed by atoms with Gasteiger partial charge in [0, 0.05) is 18.8 Å². The number of nitrogens with one attached hydrogen (secondary N) is 1. The van der Waals surface area contributed by atoms with Crippen LogP contribution in [0.5, 0.6) is 0 Å². The summed E-state index contributed by atoms with van der Waals surface area (Å²) in [6.45, 7) is 4.10. The molecule has 0 bridgehead atoms. The highest BCUT2D eigenvalue weighted by atomic mass is 32.2. The zero-order valence-electron chi connectivity index (χ0n) is 11.6. The van der Waals surface area contributed by atoms with Gasteiger partial charge in [0.2, 0.25) is 10.0 Å². The molecule has 1 atom stereocenters. The number of aryl methyl sites for hydroxylation is 1. The highest BCUT2D eigenvalue weighted by molar-refractivity contribution is 7.89. The van der Waals surface area contributed by atoms with E-state index in [1.165, 1.54) is 6.07 Å². The van der Waals surface area contributed by atoms with Crippen LogP contribution in [0.2, 0.25) is 0 Å². The van der Waals surface area contributed by atoms with Crippen LogP contribution in [0, 0.1) is 6.92 Å². The van der Waals surface area contributed by atoms with E-state index in [1.54, 1.807) is 26.2 Å². The Morgan fingerprint density at radius 3 is 2.63 bits per heavy atom. The van der Waals surface area contributed by atoms with Gasteiger partial charge in [-0.05, 0) is 37.1 Å². The van der Waals surface area contributed by atoms with E-state index in [0.29, 0.717) is 17.9 Å². The van der Waals surface area contributed by atoms with Crippen molar-refractivity contribution in [3.63, 3.8) is 0 Å². The van der Waals surface area contributed by atoms with E-state index in [-0.39, 0.29) is 10.9 Å². The number of methoxy groups -OCH3 is 1. The molecule has 0 saturated carbocycles. The number of nitrogen functional groups attached to an aromatic ring is 1. The standard InChI is InChI=1S/C13H22N2O3S/c1-4-5-12(9-18-3)15-19(16,17)13-7-6-11(14)8-10(13)2/h6-8,12,15H,4-5,9,14H2,1-3H3. The second kappa shape index (κ2) is 6.88. The predicted octanol–water partition coefficient (Wildman–Crippen LogP) is 1.67. The summed E-state index contributed by atoms with van der Waals surface area (Å²) in [6, 6.07) is 4.56. The maximum Gasteiger partial charge on any atom is 0.241 e. The number of hydrogen-bond acceptors (Lipinski definition) is 4. The third-order valence-electron chi connectivity index (χ3n) is 2.82. The van der Waals surface area contributed by atoms with Gasteiger partial charge < -0.3 is 10.5 Å². The van der Waals surface area contributed by atoms with Crippen molar-refractivity contribution in [3.8, 4) is 0 Å². The Kier molecular flexibility index (Phi) is 5.78. The van der Waals surface area contributed by atoms with Crippen LogP contribution in [0.1, 0.15) is 25.3 Å².